The van der Waals surface area contributed by atoms with Gasteiger partial charge >= 0.3 is 0 Å². The van der Waals surface area contributed by atoms with E-state index in [2.05, 4.69) is 4.98 Å². The molecule has 1 heterocycles. The molecule has 0 saturated heterocycles. The van der Waals surface area contributed by atoms with Crippen LogP contribution in [0, 0.1) is 0 Å². The molecular formula is C9H8N2O. The van der Waals surface area contributed by atoms with Crippen molar-refractivity contribution in [3.05, 3.63) is 40.7 Å². The Morgan fingerprint density at radius 3 is 2.83 bits per heavy atom. The summed E-state index contributed by atoms with van der Waals surface area (Å²) >= 11 is 0. The summed E-state index contributed by atoms with van der Waals surface area (Å²) in [5, 5.41) is 0.953. The van der Waals surface area contributed by atoms with E-state index in [-0.39, 0.29) is 11.2 Å². The fourth-order valence-electron chi connectivity index (χ4n) is 1.16. The van der Waals surface area contributed by atoms with Gasteiger partial charge in [-0.2, -0.15) is 0 Å². The minimum absolute atomic E-state index is 0.228. The zero-order chi connectivity index (χ0) is 8.55. The zero-order valence-corrected chi connectivity index (χ0v) is 6.37. The number of fused-ring (bicyclic) bond motifs is 1. The number of hydrogen-bond acceptors (Lipinski definition) is 2. The number of nitrogens with one attached hydrogen (secondary N) is 1. The second-order valence-electron chi connectivity index (χ2n) is 2.64. The Bertz CT molecular complexity index is 473. The van der Waals surface area contributed by atoms with Crippen molar-refractivity contribution in [3.8, 4) is 0 Å². The van der Waals surface area contributed by atoms with Gasteiger partial charge in [-0.25, -0.2) is 0 Å². The molecule has 3 heteroatoms. The molecule has 2 rings (SSSR count). The Hall–Kier alpha value is -1.77. The number of rotatable bonds is 0. The fraction of sp³-hybridized carbons (Fsp3) is 0. The van der Waals surface area contributed by atoms with Crippen molar-refractivity contribution >= 4 is 16.6 Å². The van der Waals surface area contributed by atoms with Gasteiger partial charge in [0, 0.05) is 10.9 Å². The van der Waals surface area contributed by atoms with Gasteiger partial charge in [0.05, 0.1) is 5.69 Å². The predicted molar refractivity (Wildman–Crippen MR) is 49.0 cm³/mol. The molecule has 0 saturated carbocycles. The van der Waals surface area contributed by atoms with Gasteiger partial charge in [0.2, 0.25) is 0 Å². The molecule has 0 spiro atoms. The van der Waals surface area contributed by atoms with E-state index in [1.54, 1.807) is 6.07 Å². The summed E-state index contributed by atoms with van der Waals surface area (Å²) in [7, 11) is 0. The number of H-pyrrole nitrogens is 1. The van der Waals surface area contributed by atoms with Crippen LogP contribution in [-0.2, 0) is 0 Å². The molecule has 12 heavy (non-hydrogen) atoms. The summed E-state index contributed by atoms with van der Waals surface area (Å²) in [5.74, 6) is 0. The summed E-state index contributed by atoms with van der Waals surface area (Å²) in [5.41, 5.74) is 6.29. The van der Waals surface area contributed by atoms with Gasteiger partial charge in [-0.05, 0) is 12.1 Å². The first-order valence-corrected chi connectivity index (χ1v) is 3.65. The van der Waals surface area contributed by atoms with Crippen molar-refractivity contribution < 1.29 is 0 Å². The molecule has 2 aromatic rings. The quantitative estimate of drug-likeness (QED) is 0.606. The normalized spacial score (nSPS) is 10.3. The standard InChI is InChI=1S/C9H8N2O/c10-7-5-6-3-1-2-4-8(6)11-9(7)12/h1-5H,10H2,(H,11,12). The highest BCUT2D eigenvalue weighted by atomic mass is 16.1. The smallest absolute Gasteiger partial charge is 0.271 e. The summed E-state index contributed by atoms with van der Waals surface area (Å²) in [6.07, 6.45) is 0. The summed E-state index contributed by atoms with van der Waals surface area (Å²) < 4.78 is 0. The van der Waals surface area contributed by atoms with E-state index in [1.165, 1.54) is 0 Å². The molecule has 3 N–H and O–H groups in total. The second kappa shape index (κ2) is 2.37. The van der Waals surface area contributed by atoms with Gasteiger partial charge in [0.15, 0.2) is 0 Å². The van der Waals surface area contributed by atoms with E-state index < -0.39 is 0 Å². The Morgan fingerprint density at radius 1 is 1.25 bits per heavy atom. The van der Waals surface area contributed by atoms with Gasteiger partial charge in [0.25, 0.3) is 5.56 Å². The van der Waals surface area contributed by atoms with Crippen LogP contribution >= 0.6 is 0 Å². The molecule has 0 fully saturated rings. The summed E-state index contributed by atoms with van der Waals surface area (Å²) in [4.78, 5) is 13.7. The highest BCUT2D eigenvalue weighted by Crippen LogP contribution is 2.09. The minimum Gasteiger partial charge on any atom is -0.394 e. The summed E-state index contributed by atoms with van der Waals surface area (Å²) in [6, 6.07) is 9.19. The van der Waals surface area contributed by atoms with Gasteiger partial charge in [-0.3, -0.25) is 4.79 Å². The third-order valence-corrected chi connectivity index (χ3v) is 1.78. The third-order valence-electron chi connectivity index (χ3n) is 1.78. The number of aromatic amines is 1. The van der Waals surface area contributed by atoms with Crippen molar-refractivity contribution in [1.29, 1.82) is 0 Å². The zero-order valence-electron chi connectivity index (χ0n) is 6.37. The maximum atomic E-state index is 11.1. The van der Waals surface area contributed by atoms with Crippen LogP contribution in [0.25, 0.3) is 10.9 Å². The van der Waals surface area contributed by atoms with E-state index in [0.717, 1.165) is 10.9 Å². The predicted octanol–water partition coefficient (Wildman–Crippen LogP) is 1.11. The number of nitrogens with two attached hydrogens (primary N) is 1. The molecule has 0 aliphatic carbocycles. The van der Waals surface area contributed by atoms with Gasteiger partial charge in [-0.15, -0.1) is 0 Å². The first-order valence-electron chi connectivity index (χ1n) is 3.65. The number of para-hydroxylation sites is 1. The van der Waals surface area contributed by atoms with Crippen LogP contribution in [0.5, 0.6) is 0 Å². The summed E-state index contributed by atoms with van der Waals surface area (Å²) in [6.45, 7) is 0. The molecule has 0 unspecified atom stereocenters. The first kappa shape index (κ1) is 6.91. The molecule has 1 aromatic carbocycles. The largest absolute Gasteiger partial charge is 0.394 e. The number of pyridine rings is 1. The third kappa shape index (κ3) is 0.955. The Morgan fingerprint density at radius 2 is 2.00 bits per heavy atom. The van der Waals surface area contributed by atoms with Crippen LogP contribution in [0.4, 0.5) is 5.69 Å². The van der Waals surface area contributed by atoms with Crippen LogP contribution in [0.3, 0.4) is 0 Å². The van der Waals surface area contributed by atoms with E-state index in [4.69, 9.17) is 5.73 Å². The van der Waals surface area contributed by atoms with Crippen LogP contribution in [0.2, 0.25) is 0 Å². The van der Waals surface area contributed by atoms with E-state index in [1.807, 2.05) is 24.3 Å². The van der Waals surface area contributed by atoms with Crippen molar-refractivity contribution in [3.63, 3.8) is 0 Å². The van der Waals surface area contributed by atoms with Crippen molar-refractivity contribution in [2.45, 2.75) is 0 Å². The second-order valence-corrected chi connectivity index (χ2v) is 2.64. The Labute approximate surface area is 68.8 Å². The number of benzene rings is 1. The molecule has 0 atom stereocenters. The van der Waals surface area contributed by atoms with Gasteiger partial charge in [-0.1, -0.05) is 18.2 Å². The molecule has 0 radical (unpaired) electrons. The molecule has 3 nitrogen and oxygen atoms in total. The number of anilines is 1. The molecule has 0 bridgehead atoms. The van der Waals surface area contributed by atoms with Gasteiger partial charge in [0.1, 0.15) is 0 Å². The minimum atomic E-state index is -0.228. The number of nitrogen functional groups attached to an aromatic ring is 1. The van der Waals surface area contributed by atoms with Crippen LogP contribution in [-0.4, -0.2) is 4.98 Å². The van der Waals surface area contributed by atoms with Crippen LogP contribution in [0.15, 0.2) is 35.1 Å². The van der Waals surface area contributed by atoms with E-state index in [9.17, 15) is 4.79 Å². The van der Waals surface area contributed by atoms with Crippen LogP contribution in [0.1, 0.15) is 0 Å². The fourth-order valence-corrected chi connectivity index (χ4v) is 1.16. The molecule has 1 aromatic heterocycles. The monoisotopic (exact) mass is 160 g/mol. The lowest BCUT2D eigenvalue weighted by atomic mass is 10.2. The molecule has 0 aliphatic heterocycles. The molecule has 0 amide bonds. The van der Waals surface area contributed by atoms with Crippen molar-refractivity contribution in [2.75, 3.05) is 5.73 Å². The average molecular weight is 160 g/mol. The number of aromatic nitrogens is 1. The van der Waals surface area contributed by atoms with E-state index >= 15 is 0 Å². The lowest BCUT2D eigenvalue weighted by Gasteiger charge is -1.97. The molecule has 0 aliphatic rings. The highest BCUT2D eigenvalue weighted by molar-refractivity contribution is 5.80. The Kier molecular flexibility index (Phi) is 1.37. The Balaban J connectivity index is 2.93. The van der Waals surface area contributed by atoms with Gasteiger partial charge < -0.3 is 10.7 Å². The average Bonchev–Trinajstić information content (AvgIpc) is 2.07. The van der Waals surface area contributed by atoms with Crippen molar-refractivity contribution in [2.24, 2.45) is 0 Å². The van der Waals surface area contributed by atoms with Crippen LogP contribution < -0.4 is 11.3 Å². The van der Waals surface area contributed by atoms with Crippen molar-refractivity contribution in [1.82, 2.24) is 4.98 Å². The maximum Gasteiger partial charge on any atom is 0.271 e. The van der Waals surface area contributed by atoms with E-state index in [0.29, 0.717) is 0 Å². The topological polar surface area (TPSA) is 58.9 Å². The highest BCUT2D eigenvalue weighted by Gasteiger charge is 1.96. The molecular weight excluding hydrogens is 152 g/mol. The SMILES string of the molecule is Nc1cc2ccccc2[nH]c1=O. The first-order chi connectivity index (χ1) is 5.77. The lowest BCUT2D eigenvalue weighted by molar-refractivity contribution is 1.31. The molecule has 60 valence electrons. The number of hydrogen-bond donors (Lipinski definition) is 2. The lowest BCUT2D eigenvalue weighted by Crippen LogP contribution is -2.10. The maximum absolute atomic E-state index is 11.1.